The number of allylic oxidation sites excluding steroid dienone is 4. The summed E-state index contributed by atoms with van der Waals surface area (Å²) in [4.78, 5) is 0. The van der Waals surface area contributed by atoms with Crippen LogP contribution in [0.4, 0.5) is 0 Å². The van der Waals surface area contributed by atoms with E-state index in [1.807, 2.05) is 0 Å². The van der Waals surface area contributed by atoms with E-state index in [0.29, 0.717) is 16.6 Å². The number of para-hydroxylation sites is 1. The average molecular weight is 583 g/mol. The predicted molar refractivity (Wildman–Crippen MR) is 184 cm³/mol. The Balaban J connectivity index is 2.32. The fraction of sp³-hybridized carbons (Fsp3) is 0.730. The molecule has 1 aromatic carbocycles. The van der Waals surface area contributed by atoms with Crippen LogP contribution in [0.25, 0.3) is 0 Å². The smallest absolute Gasteiger partial charge is 0.258 e. The summed E-state index contributed by atoms with van der Waals surface area (Å²) in [6.45, 7) is 29.4. The van der Waals surface area contributed by atoms with Crippen molar-refractivity contribution in [3.8, 4) is 5.75 Å². The lowest BCUT2D eigenvalue weighted by molar-refractivity contribution is 0.385. The van der Waals surface area contributed by atoms with Crippen LogP contribution < -0.4 is 9.73 Å². The highest BCUT2D eigenvalue weighted by molar-refractivity contribution is 7.69. The Hall–Kier alpha value is -0.853. The number of hydrogen-bond donors (Lipinski definition) is 0. The second-order valence-electron chi connectivity index (χ2n) is 14.6. The maximum absolute atomic E-state index is 7.60. The second-order valence-corrected chi connectivity index (χ2v) is 23.2. The van der Waals surface area contributed by atoms with Gasteiger partial charge < -0.3 is 4.43 Å². The second kappa shape index (κ2) is 13.6. The zero-order valence-corrected chi connectivity index (χ0v) is 30.3. The largest absolute Gasteiger partial charge is 0.542 e. The molecule has 0 N–H and O–H groups in total. The van der Waals surface area contributed by atoms with Gasteiger partial charge in [-0.05, 0) is 73.1 Å². The van der Waals surface area contributed by atoms with E-state index in [1.54, 1.807) is 11.1 Å². The van der Waals surface area contributed by atoms with E-state index in [9.17, 15) is 0 Å². The lowest BCUT2D eigenvalue weighted by atomic mass is 9.80. The Morgan fingerprint density at radius 3 is 1.55 bits per heavy atom. The van der Waals surface area contributed by atoms with Gasteiger partial charge in [0.2, 0.25) is 0 Å². The molecule has 0 heterocycles. The van der Waals surface area contributed by atoms with Gasteiger partial charge >= 0.3 is 0 Å². The summed E-state index contributed by atoms with van der Waals surface area (Å²) < 4.78 is 7.60. The van der Waals surface area contributed by atoms with Crippen molar-refractivity contribution in [1.82, 2.24) is 0 Å². The van der Waals surface area contributed by atoms with Crippen LogP contribution in [0.2, 0.25) is 16.6 Å². The zero-order chi connectivity index (χ0) is 29.9. The van der Waals surface area contributed by atoms with Crippen LogP contribution in [0.1, 0.15) is 134 Å². The first-order chi connectivity index (χ1) is 18.8. The molecule has 0 aliphatic heterocycles. The van der Waals surface area contributed by atoms with Gasteiger partial charge in [-0.3, -0.25) is 0 Å². The molecule has 226 valence electrons. The SMILES string of the molecule is CCC1=CC(C)(P(c2ccccc2O[Si](C(C)C)(C(C)C)C(C)C)C2(C)C=C(CC)CC(CC)C2)CC(CC)C1. The van der Waals surface area contributed by atoms with Crippen molar-refractivity contribution in [1.29, 1.82) is 0 Å². The molecule has 3 rings (SSSR count). The number of benzene rings is 1. The summed E-state index contributed by atoms with van der Waals surface area (Å²) >= 11 is 0. The van der Waals surface area contributed by atoms with Gasteiger partial charge in [-0.1, -0.05) is 145 Å². The van der Waals surface area contributed by atoms with Crippen molar-refractivity contribution in [3.05, 3.63) is 47.6 Å². The van der Waals surface area contributed by atoms with E-state index in [1.165, 1.54) is 62.4 Å². The van der Waals surface area contributed by atoms with Crippen LogP contribution in [-0.2, 0) is 0 Å². The molecule has 4 atom stereocenters. The maximum Gasteiger partial charge on any atom is 0.258 e. The Labute approximate surface area is 251 Å². The van der Waals surface area contributed by atoms with E-state index < -0.39 is 16.2 Å². The maximum atomic E-state index is 7.60. The van der Waals surface area contributed by atoms with Crippen molar-refractivity contribution < 1.29 is 4.43 Å². The molecule has 0 saturated carbocycles. The lowest BCUT2D eigenvalue weighted by Gasteiger charge is -2.53. The topological polar surface area (TPSA) is 9.23 Å². The Kier molecular flexibility index (Phi) is 11.5. The van der Waals surface area contributed by atoms with Gasteiger partial charge in [0.1, 0.15) is 5.75 Å². The predicted octanol–water partition coefficient (Wildman–Crippen LogP) is 12.2. The van der Waals surface area contributed by atoms with Crippen molar-refractivity contribution in [2.75, 3.05) is 0 Å². The Morgan fingerprint density at radius 1 is 0.750 bits per heavy atom. The van der Waals surface area contributed by atoms with Crippen LogP contribution in [0.3, 0.4) is 0 Å². The normalized spacial score (nSPS) is 28.6. The molecule has 1 aromatic rings. The summed E-state index contributed by atoms with van der Waals surface area (Å²) in [6.07, 6.45) is 15.7. The molecule has 40 heavy (non-hydrogen) atoms. The van der Waals surface area contributed by atoms with E-state index in [0.717, 1.165) is 11.8 Å². The zero-order valence-electron chi connectivity index (χ0n) is 28.4. The van der Waals surface area contributed by atoms with Crippen LogP contribution in [0.5, 0.6) is 5.75 Å². The van der Waals surface area contributed by atoms with E-state index in [4.69, 9.17) is 4.43 Å². The molecule has 0 bridgehead atoms. The third-order valence-electron chi connectivity index (χ3n) is 10.7. The summed E-state index contributed by atoms with van der Waals surface area (Å²) in [5, 5.41) is 1.86. The van der Waals surface area contributed by atoms with Crippen LogP contribution in [0.15, 0.2) is 47.6 Å². The quantitative estimate of drug-likeness (QED) is 0.135. The molecule has 2 aliphatic rings. The highest BCUT2D eigenvalue weighted by Gasteiger charge is 2.51. The minimum atomic E-state index is -2.10. The first-order valence-corrected chi connectivity index (χ1v) is 20.3. The van der Waals surface area contributed by atoms with Crippen LogP contribution >= 0.6 is 7.92 Å². The summed E-state index contributed by atoms with van der Waals surface area (Å²) in [7, 11) is -2.67. The lowest BCUT2D eigenvalue weighted by Crippen LogP contribution is -2.51. The molecule has 4 unspecified atom stereocenters. The Morgan fingerprint density at radius 2 is 1.18 bits per heavy atom. The molecular weight excluding hydrogens is 519 g/mol. The molecule has 0 aromatic heterocycles. The van der Waals surface area contributed by atoms with Crippen molar-refractivity contribution in [2.24, 2.45) is 11.8 Å². The third kappa shape index (κ3) is 6.69. The molecule has 0 spiro atoms. The first-order valence-electron chi connectivity index (χ1n) is 16.8. The number of rotatable bonds is 12. The van der Waals surface area contributed by atoms with Gasteiger partial charge in [-0.25, -0.2) is 0 Å². The summed E-state index contributed by atoms with van der Waals surface area (Å²) in [5.74, 6) is 2.78. The third-order valence-corrected chi connectivity index (χ3v) is 20.2. The highest BCUT2D eigenvalue weighted by atomic mass is 31.1. The van der Waals surface area contributed by atoms with Crippen molar-refractivity contribution >= 4 is 21.5 Å². The van der Waals surface area contributed by atoms with Gasteiger partial charge in [0.25, 0.3) is 8.32 Å². The van der Waals surface area contributed by atoms with Gasteiger partial charge in [-0.15, -0.1) is 0 Å². The van der Waals surface area contributed by atoms with Gasteiger partial charge in [0.15, 0.2) is 0 Å². The van der Waals surface area contributed by atoms with E-state index in [-0.39, 0.29) is 10.3 Å². The molecule has 0 radical (unpaired) electrons. The highest BCUT2D eigenvalue weighted by Crippen LogP contribution is 2.68. The summed E-state index contributed by atoms with van der Waals surface area (Å²) in [5.41, 5.74) is 5.07. The minimum Gasteiger partial charge on any atom is -0.542 e. The van der Waals surface area contributed by atoms with Crippen molar-refractivity contribution in [3.63, 3.8) is 0 Å². The molecular formula is C37H63OPSi. The Bertz CT molecular complexity index is 973. The molecule has 3 heteroatoms. The van der Waals surface area contributed by atoms with Gasteiger partial charge in [0.05, 0.1) is 0 Å². The molecule has 2 aliphatic carbocycles. The van der Waals surface area contributed by atoms with Crippen LogP contribution in [0, 0.1) is 11.8 Å². The monoisotopic (exact) mass is 582 g/mol. The standard InChI is InChI=1S/C37H63OPSi/c1-13-30-21-31(14-2)24-36(11,23-30)39(37(12)25-32(15-3)22-33(16-4)26-37)35-20-18-17-19-34(35)38-40(27(5)6,28(7)8)29(9)10/h17-20,23,25,27-29,31,33H,13-16,21-22,24,26H2,1-12H3. The van der Waals surface area contributed by atoms with Gasteiger partial charge in [0, 0.05) is 15.6 Å². The van der Waals surface area contributed by atoms with E-state index >= 15 is 0 Å². The number of hydrogen-bond acceptors (Lipinski definition) is 1. The average Bonchev–Trinajstić information content (AvgIpc) is 2.90. The van der Waals surface area contributed by atoms with Gasteiger partial charge in [-0.2, -0.15) is 0 Å². The fourth-order valence-corrected chi connectivity index (χ4v) is 18.7. The van der Waals surface area contributed by atoms with Crippen LogP contribution in [-0.4, -0.2) is 18.6 Å². The fourth-order valence-electron chi connectivity index (χ4n) is 8.96. The van der Waals surface area contributed by atoms with E-state index in [2.05, 4.69) is 120 Å². The molecule has 0 amide bonds. The minimum absolute atomic E-state index is 0.163. The summed E-state index contributed by atoms with van der Waals surface area (Å²) in [6, 6.07) is 9.38. The molecule has 1 nitrogen and oxygen atoms in total. The molecule has 0 saturated heterocycles. The van der Waals surface area contributed by atoms with Crippen molar-refractivity contribution in [2.45, 2.75) is 161 Å². The molecule has 0 fully saturated rings. The first kappa shape index (κ1) is 33.6.